The topological polar surface area (TPSA) is 401 Å². The van der Waals surface area contributed by atoms with Gasteiger partial charge in [0, 0.05) is 61.5 Å². The molecule has 0 aliphatic carbocycles. The number of aryl methyl sites for hydroxylation is 2. The van der Waals surface area contributed by atoms with Gasteiger partial charge < -0.3 is 79.9 Å². The zero-order chi connectivity index (χ0) is 64.3. The molecular weight excluding hydrogens is 1140 g/mol. The number of hydrogen-bond acceptors (Lipinski definition) is 22. The minimum Gasteiger partial charge on any atom is -0.479 e. The van der Waals surface area contributed by atoms with E-state index in [2.05, 4.69) is 10.6 Å². The lowest BCUT2D eigenvalue weighted by Crippen LogP contribution is -2.61. The van der Waals surface area contributed by atoms with Crippen molar-refractivity contribution in [3.05, 3.63) is 83.0 Å². The van der Waals surface area contributed by atoms with Crippen molar-refractivity contribution < 1.29 is 112 Å². The zero-order valence-corrected chi connectivity index (χ0v) is 49.7. The molecule has 4 aliphatic heterocycles. The first-order chi connectivity index (χ1) is 41.0. The first kappa shape index (κ1) is 70.6. The normalized spacial score (nSPS) is 23.7. The van der Waals surface area contributed by atoms with E-state index in [-0.39, 0.29) is 49.0 Å². The molecule has 2 saturated heterocycles. The van der Waals surface area contributed by atoms with Gasteiger partial charge in [0.2, 0.25) is 24.4 Å². The molecule has 0 spiro atoms. The van der Waals surface area contributed by atoms with Crippen LogP contribution in [0.2, 0.25) is 0 Å². The van der Waals surface area contributed by atoms with Crippen molar-refractivity contribution in [1.82, 2.24) is 20.4 Å². The average molecular weight is 1230 g/mol. The second kappa shape index (κ2) is 32.7. The van der Waals surface area contributed by atoms with Gasteiger partial charge in [-0.05, 0) is 116 Å². The molecule has 4 aliphatic rings. The van der Waals surface area contributed by atoms with Crippen LogP contribution in [0.3, 0.4) is 0 Å². The van der Waals surface area contributed by atoms with Crippen molar-refractivity contribution in [3.63, 3.8) is 0 Å². The number of nitrogens with one attached hydrogen (secondary N) is 2. The quantitative estimate of drug-likeness (QED) is 0.0311. The highest BCUT2D eigenvalue weighted by atomic mass is 16.7. The molecule has 6 amide bonds. The number of aliphatic carboxylic acids is 1. The van der Waals surface area contributed by atoms with Crippen LogP contribution >= 0.6 is 0 Å². The number of carbonyl (C=O) groups excluding carboxylic acids is 8. The molecule has 6 rings (SSSR count). The second-order valence-electron chi connectivity index (χ2n) is 23.4. The number of carboxylic acid groups (broad SMARTS) is 1. The molecule has 0 bridgehead atoms. The molecule has 0 saturated carbocycles. The van der Waals surface area contributed by atoms with E-state index in [0.29, 0.717) is 82.1 Å². The average Bonchev–Trinajstić information content (AvgIpc) is 3.71. The molecule has 0 radical (unpaired) electrons. The Balaban J connectivity index is 0.000000318. The lowest BCUT2D eigenvalue weighted by Gasteiger charge is -2.39. The maximum Gasteiger partial charge on any atom is 0.335 e. The van der Waals surface area contributed by atoms with Crippen molar-refractivity contribution in [2.75, 3.05) is 32.8 Å². The Morgan fingerprint density at radius 1 is 0.540 bits per heavy atom. The van der Waals surface area contributed by atoms with Gasteiger partial charge in [0.05, 0.1) is 17.4 Å². The Kier molecular flexibility index (Phi) is 26.5. The van der Waals surface area contributed by atoms with Crippen molar-refractivity contribution in [2.45, 2.75) is 180 Å². The first-order valence-corrected chi connectivity index (χ1v) is 28.8. The number of carboxylic acids is 1. The van der Waals surface area contributed by atoms with Gasteiger partial charge in [-0.3, -0.25) is 48.2 Å². The fourth-order valence-corrected chi connectivity index (χ4v) is 8.87. The highest BCUT2D eigenvalue weighted by Gasteiger charge is 2.49. The number of nitrogens with zero attached hydrogens (tertiary/aromatic N) is 2. The number of amides is 6. The largest absolute Gasteiger partial charge is 0.479 e. The predicted octanol–water partition coefficient (Wildman–Crippen LogP) is 0.290. The summed E-state index contributed by atoms with van der Waals surface area (Å²) in [7, 11) is 0. The van der Waals surface area contributed by atoms with Crippen LogP contribution in [0.4, 0.5) is 0 Å². The van der Waals surface area contributed by atoms with Crippen LogP contribution in [-0.4, -0.2) is 198 Å². The van der Waals surface area contributed by atoms with Gasteiger partial charge >= 0.3 is 17.9 Å². The number of aliphatic hydroxyl groups excluding tert-OH is 7. The van der Waals surface area contributed by atoms with Gasteiger partial charge in [0.15, 0.2) is 6.10 Å². The molecule has 0 unspecified atom stereocenters. The number of unbranched alkanes of at least 4 members (excludes halogenated alkanes) is 4. The van der Waals surface area contributed by atoms with Crippen LogP contribution < -0.4 is 20.1 Å². The fourth-order valence-electron chi connectivity index (χ4n) is 8.87. The Hall–Kier alpha value is -7.21. The lowest BCUT2D eigenvalue weighted by atomic mass is 9.97. The van der Waals surface area contributed by atoms with Gasteiger partial charge in [-0.15, -0.1) is 0 Å². The maximum atomic E-state index is 12.4. The Morgan fingerprint density at radius 2 is 0.989 bits per heavy atom. The third-order valence-electron chi connectivity index (χ3n) is 14.2. The smallest absolute Gasteiger partial charge is 0.335 e. The minimum absolute atomic E-state index is 0.0608. The monoisotopic (exact) mass is 1230 g/mol. The number of benzene rings is 2. The van der Waals surface area contributed by atoms with E-state index in [0.717, 1.165) is 41.0 Å². The maximum absolute atomic E-state index is 12.4. The number of ether oxygens (including phenoxy) is 6. The number of hydrogen-bond donors (Lipinski definition) is 10. The number of rotatable bonds is 28. The molecule has 10 atom stereocenters. The summed E-state index contributed by atoms with van der Waals surface area (Å²) in [5.74, 6) is -4.31. The summed E-state index contributed by atoms with van der Waals surface area (Å²) in [5, 5.41) is 85.7. The number of carbonyl (C=O) groups is 9. The van der Waals surface area contributed by atoms with Crippen LogP contribution in [0.25, 0.3) is 0 Å². The molecule has 480 valence electrons. The van der Waals surface area contributed by atoms with Crippen LogP contribution in [0.15, 0.2) is 60.7 Å². The minimum atomic E-state index is -1.88. The van der Waals surface area contributed by atoms with E-state index in [9.17, 15) is 84.0 Å². The number of imide groups is 2. The second-order valence-corrected chi connectivity index (χ2v) is 23.4. The van der Waals surface area contributed by atoms with Gasteiger partial charge in [-0.25, -0.2) is 4.79 Å². The first-order valence-electron chi connectivity index (χ1n) is 28.8. The molecule has 2 fully saturated rings. The number of esters is 2. The van der Waals surface area contributed by atoms with Crippen LogP contribution in [0.1, 0.15) is 115 Å². The van der Waals surface area contributed by atoms with E-state index in [1.54, 1.807) is 71.9 Å². The van der Waals surface area contributed by atoms with Crippen molar-refractivity contribution >= 4 is 53.4 Å². The summed E-state index contributed by atoms with van der Waals surface area (Å²) in [6, 6.07) is 10.3. The van der Waals surface area contributed by atoms with Gasteiger partial charge in [0.1, 0.15) is 74.0 Å². The Labute approximate surface area is 503 Å². The summed E-state index contributed by atoms with van der Waals surface area (Å²) in [6.45, 7) is 10.1. The number of aliphatic hydroxyl groups is 7. The summed E-state index contributed by atoms with van der Waals surface area (Å²) >= 11 is 0. The van der Waals surface area contributed by atoms with Gasteiger partial charge in [0.25, 0.3) is 23.6 Å². The van der Waals surface area contributed by atoms with Crippen molar-refractivity contribution in [3.8, 4) is 11.5 Å². The summed E-state index contributed by atoms with van der Waals surface area (Å²) < 4.78 is 33.3. The van der Waals surface area contributed by atoms with E-state index in [1.807, 2.05) is 6.07 Å². The Bertz CT molecular complexity index is 2770. The van der Waals surface area contributed by atoms with E-state index in [4.69, 9.17) is 28.4 Å². The highest BCUT2D eigenvalue weighted by molar-refractivity contribution is 6.14. The van der Waals surface area contributed by atoms with Crippen LogP contribution in [0.5, 0.6) is 11.5 Å². The summed E-state index contributed by atoms with van der Waals surface area (Å²) in [5.41, 5.74) is 1.01. The third-order valence-corrected chi connectivity index (χ3v) is 14.2. The zero-order valence-electron chi connectivity index (χ0n) is 49.7. The molecule has 2 aromatic carbocycles. The summed E-state index contributed by atoms with van der Waals surface area (Å²) in [4.78, 5) is 109. The molecule has 27 nitrogen and oxygen atoms in total. The molecule has 2 aromatic rings. The van der Waals surface area contributed by atoms with E-state index >= 15 is 0 Å². The third kappa shape index (κ3) is 21.0. The lowest BCUT2D eigenvalue weighted by molar-refractivity contribution is -0.277. The van der Waals surface area contributed by atoms with Crippen LogP contribution in [-0.2, 0) is 88.2 Å². The molecule has 4 heterocycles. The SMILES string of the molecule is CC(C)(C)C(=O)OCc1ccc(CCCCNC(=O)CCCCCN2C(=O)C=CC2=O)cc1O[C@@H]1O[C@H](CO)[C@@H](O)[C@H](O)[C@H]1O.CC(C)(C)C(=O)OCc1ccc(CCCCNC(=O)CN2C(=O)C=CC2=O)cc1O[C@@H]1O[C@H](C(=O)O)[C@@H](O)[C@H](O)[C@H]1O. The van der Waals surface area contributed by atoms with Crippen LogP contribution in [0, 0.1) is 10.8 Å². The van der Waals surface area contributed by atoms with Gasteiger partial charge in [-0.1, -0.05) is 30.7 Å². The molecule has 0 aromatic heterocycles. The fraction of sp³-hybridized carbons (Fsp3) is 0.583. The molecule has 27 heteroatoms. The van der Waals surface area contributed by atoms with Crippen molar-refractivity contribution in [1.29, 1.82) is 0 Å². The molecular formula is C60H82N4O23. The van der Waals surface area contributed by atoms with Crippen molar-refractivity contribution in [2.24, 2.45) is 10.8 Å². The van der Waals surface area contributed by atoms with E-state index in [1.165, 1.54) is 17.1 Å². The van der Waals surface area contributed by atoms with Gasteiger partial charge in [-0.2, -0.15) is 0 Å². The molecule has 10 N–H and O–H groups in total. The highest BCUT2D eigenvalue weighted by Crippen LogP contribution is 2.32. The molecule has 87 heavy (non-hydrogen) atoms. The Morgan fingerprint density at radius 3 is 1.45 bits per heavy atom. The predicted molar refractivity (Wildman–Crippen MR) is 303 cm³/mol. The summed E-state index contributed by atoms with van der Waals surface area (Å²) in [6.07, 6.45) is -5.44. The standard InChI is InChI=1S/C32H46N2O11.C28H36N2O12/c1-32(2,3)31(42)43-19-21-12-11-20(17-22(21)44-30-29(41)28(40)27(39)23(18-35)45-30)9-6-7-15-33-24(36)10-5-4-8-16-34-25(37)13-14-26(34)38;1-28(2,3)27(39)40-14-16-8-7-15(6-4-5-11-29-18(31)13-30-19(32)9-10-20(30)33)12-17(16)41-26-23(36)21(34)22(35)24(42-26)25(37)38/h11-14,17,23,27-30,35,39-41H,4-10,15-16,18-19H2,1-3H3,(H,33,36);7-10,12,21-24,26,34-36H,4-6,11,13-14H2,1-3H3,(H,29,31)(H,37,38)/t23-,27-,28+,29-,30-;21-,22-,23+,24-,26+/m10/s1. The van der Waals surface area contributed by atoms with E-state index < -0.39 is 114 Å².